The van der Waals surface area contributed by atoms with Gasteiger partial charge in [0, 0.05) is 53.0 Å². The standard InChI is InChI=1S/C63H102N10O13/c1-17-40(8)53(48(84-15)36-49(74)73-33-22-26-47(73)54(85-16)41(9)55(75)68-46(60(80)81)35-43-23-19-18-20-24-43)72(14)59(79)51(38(4)5)69-58(78)52(39(6)7)71(13)34-31-42-27-29-44(30-28-42)66-56(76)45(25-21-32-65-61(64)82)67-57(77)50(37(2)3)70-62(83)86-63(10,11)12/h18-20,23-24,27-30,37-41,45-48,50-54H,17,21-22,25-26,31-36H2,1-16H3,(H,66,76)(H,67,77)(H,68,75)(H,69,78)(H,70,83)(H,80,81)(H3,64,65,82)/t40-,41+,45-,46-,47-,48+,50-,51-,52-,53-,54+/m0/s1. The van der Waals surface area contributed by atoms with E-state index < -0.39 is 102 Å². The minimum Gasteiger partial charge on any atom is -0.480 e. The van der Waals surface area contributed by atoms with Crippen LogP contribution in [-0.4, -0.2) is 181 Å². The van der Waals surface area contributed by atoms with E-state index in [1.165, 1.54) is 14.2 Å². The van der Waals surface area contributed by atoms with Crippen molar-refractivity contribution < 1.29 is 62.5 Å². The molecule has 23 nitrogen and oxygen atoms in total. The van der Waals surface area contributed by atoms with Crippen molar-refractivity contribution in [3.05, 3.63) is 65.7 Å². The molecule has 9 amide bonds. The van der Waals surface area contributed by atoms with E-state index in [9.17, 15) is 48.3 Å². The summed E-state index contributed by atoms with van der Waals surface area (Å²) in [6.07, 6.45) is 0.575. The number of primary amides is 1. The maximum atomic E-state index is 14.8. The number of carboxylic acid groups (broad SMARTS) is 1. The molecule has 2 aromatic rings. The van der Waals surface area contributed by atoms with Gasteiger partial charge in [-0.15, -0.1) is 0 Å². The Morgan fingerprint density at radius 2 is 1.36 bits per heavy atom. The number of likely N-dealkylation sites (tertiary alicyclic amines) is 1. The number of carbonyl (C=O) groups excluding carboxylic acids is 8. The van der Waals surface area contributed by atoms with Crippen LogP contribution >= 0.6 is 0 Å². The molecular formula is C63H102N10O13. The van der Waals surface area contributed by atoms with Crippen molar-refractivity contribution in [2.75, 3.05) is 53.3 Å². The maximum Gasteiger partial charge on any atom is 0.408 e. The van der Waals surface area contributed by atoms with Gasteiger partial charge in [0.1, 0.15) is 29.8 Å². The lowest BCUT2D eigenvalue weighted by molar-refractivity contribution is -0.148. The number of urea groups is 1. The largest absolute Gasteiger partial charge is 0.480 e. The highest BCUT2D eigenvalue weighted by atomic mass is 16.6. The fourth-order valence-corrected chi connectivity index (χ4v) is 11.1. The topological polar surface area (TPSA) is 309 Å². The van der Waals surface area contributed by atoms with Crippen molar-refractivity contribution in [3.63, 3.8) is 0 Å². The van der Waals surface area contributed by atoms with Crippen LogP contribution < -0.4 is 37.6 Å². The number of benzene rings is 2. The first-order chi connectivity index (χ1) is 40.3. The van der Waals surface area contributed by atoms with Gasteiger partial charge in [0.2, 0.25) is 35.4 Å². The molecule has 0 bridgehead atoms. The van der Waals surface area contributed by atoms with Gasteiger partial charge in [-0.25, -0.2) is 14.4 Å². The summed E-state index contributed by atoms with van der Waals surface area (Å²) in [4.78, 5) is 126. The summed E-state index contributed by atoms with van der Waals surface area (Å²) in [5.74, 6) is -5.46. The van der Waals surface area contributed by atoms with Gasteiger partial charge in [0.05, 0.1) is 42.7 Å². The minimum absolute atomic E-state index is 0.0823. The van der Waals surface area contributed by atoms with Crippen LogP contribution in [-0.2, 0) is 60.6 Å². The number of aliphatic carboxylic acids is 1. The van der Waals surface area contributed by atoms with Gasteiger partial charge in [-0.3, -0.25) is 33.7 Å². The summed E-state index contributed by atoms with van der Waals surface area (Å²) >= 11 is 0. The van der Waals surface area contributed by atoms with Crippen molar-refractivity contribution in [2.24, 2.45) is 35.3 Å². The number of rotatable bonds is 34. The number of amides is 9. The number of hydrogen-bond donors (Lipinski definition) is 8. The molecule has 482 valence electrons. The lowest BCUT2D eigenvalue weighted by Gasteiger charge is -2.41. The van der Waals surface area contributed by atoms with E-state index in [0.717, 1.165) is 11.1 Å². The van der Waals surface area contributed by atoms with Crippen LogP contribution in [0.1, 0.15) is 133 Å². The molecule has 1 aliphatic heterocycles. The molecule has 0 aliphatic carbocycles. The predicted molar refractivity (Wildman–Crippen MR) is 329 cm³/mol. The number of anilines is 1. The second kappa shape index (κ2) is 35.1. The number of nitrogens with one attached hydrogen (secondary N) is 6. The Bertz CT molecular complexity index is 2530. The monoisotopic (exact) mass is 1210 g/mol. The van der Waals surface area contributed by atoms with Crippen LogP contribution in [0, 0.1) is 29.6 Å². The van der Waals surface area contributed by atoms with Crippen molar-refractivity contribution in [2.45, 2.75) is 195 Å². The Morgan fingerprint density at radius 3 is 1.90 bits per heavy atom. The first kappa shape index (κ1) is 73.4. The van der Waals surface area contributed by atoms with Gasteiger partial charge in [-0.1, -0.05) is 111 Å². The van der Waals surface area contributed by atoms with Gasteiger partial charge in [-0.2, -0.15) is 0 Å². The van der Waals surface area contributed by atoms with Crippen molar-refractivity contribution in [3.8, 4) is 0 Å². The predicted octanol–water partition coefficient (Wildman–Crippen LogP) is 5.48. The van der Waals surface area contributed by atoms with E-state index in [4.69, 9.17) is 19.9 Å². The van der Waals surface area contributed by atoms with Crippen molar-refractivity contribution in [1.82, 2.24) is 41.3 Å². The molecule has 9 N–H and O–H groups in total. The average molecular weight is 1210 g/mol. The van der Waals surface area contributed by atoms with E-state index in [2.05, 4.69) is 31.9 Å². The highest BCUT2D eigenvalue weighted by Crippen LogP contribution is 2.30. The number of carboxylic acids is 1. The molecule has 86 heavy (non-hydrogen) atoms. The number of carbonyl (C=O) groups is 9. The lowest BCUT2D eigenvalue weighted by Crippen LogP contribution is -2.60. The Labute approximate surface area is 510 Å². The zero-order valence-electron chi connectivity index (χ0n) is 53.8. The maximum absolute atomic E-state index is 14.8. The number of ether oxygens (including phenoxy) is 3. The molecule has 23 heteroatoms. The molecule has 0 spiro atoms. The van der Waals surface area contributed by atoms with Crippen LogP contribution in [0.25, 0.3) is 0 Å². The third kappa shape index (κ3) is 22.8. The van der Waals surface area contributed by atoms with Crippen LogP contribution in [0.15, 0.2) is 54.6 Å². The van der Waals surface area contributed by atoms with E-state index in [-0.39, 0.29) is 67.2 Å². The third-order valence-corrected chi connectivity index (χ3v) is 16.0. The molecule has 1 saturated heterocycles. The summed E-state index contributed by atoms with van der Waals surface area (Å²) in [7, 11) is 6.53. The van der Waals surface area contributed by atoms with Crippen LogP contribution in [0.3, 0.4) is 0 Å². The van der Waals surface area contributed by atoms with Gasteiger partial charge in [-0.05, 0) is 107 Å². The molecule has 0 aromatic heterocycles. The smallest absolute Gasteiger partial charge is 0.408 e. The van der Waals surface area contributed by atoms with Crippen molar-refractivity contribution >= 4 is 59.2 Å². The Morgan fingerprint density at radius 1 is 0.744 bits per heavy atom. The average Bonchev–Trinajstić information content (AvgIpc) is 3.49. The zero-order chi connectivity index (χ0) is 64.7. The zero-order valence-corrected chi connectivity index (χ0v) is 53.8. The number of hydrogen-bond acceptors (Lipinski definition) is 13. The second-order valence-corrected chi connectivity index (χ2v) is 24.9. The van der Waals surface area contributed by atoms with Gasteiger partial charge >= 0.3 is 18.1 Å². The van der Waals surface area contributed by atoms with Crippen LogP contribution in [0.5, 0.6) is 0 Å². The summed E-state index contributed by atoms with van der Waals surface area (Å²) in [5, 5.41) is 26.5. The second-order valence-electron chi connectivity index (χ2n) is 24.9. The molecule has 11 atom stereocenters. The molecule has 1 heterocycles. The quantitative estimate of drug-likeness (QED) is 0.0403. The number of methoxy groups -OCH3 is 2. The molecule has 1 fully saturated rings. The lowest BCUT2D eigenvalue weighted by atomic mass is 9.89. The Hall–Kier alpha value is -6.85. The van der Waals surface area contributed by atoms with Gasteiger partial charge in [0.15, 0.2) is 0 Å². The first-order valence-electron chi connectivity index (χ1n) is 30.3. The fraction of sp³-hybridized carbons (Fsp3) is 0.667. The fourth-order valence-electron chi connectivity index (χ4n) is 11.1. The van der Waals surface area contributed by atoms with Crippen LogP contribution in [0.2, 0.25) is 0 Å². The minimum atomic E-state index is -1.17. The molecule has 0 radical (unpaired) electrons. The van der Waals surface area contributed by atoms with E-state index >= 15 is 0 Å². The number of nitrogens with two attached hydrogens (primary N) is 1. The highest BCUT2D eigenvalue weighted by molar-refractivity contribution is 5.98. The molecular weight excluding hydrogens is 1100 g/mol. The van der Waals surface area contributed by atoms with Crippen LogP contribution in [0.4, 0.5) is 15.3 Å². The summed E-state index contributed by atoms with van der Waals surface area (Å²) < 4.78 is 17.4. The SMILES string of the molecule is CC[C@H](C)[C@@H]([C@@H](CC(=O)N1CCC[C@H]1[C@H](OC)[C@@H](C)C(=O)N[C@@H](Cc1ccccc1)C(=O)O)OC)N(C)C(=O)[C@@H](NC(=O)[C@H](C(C)C)N(C)CCc1ccc(NC(=O)[C@H](CCCNC(N)=O)NC(=O)[C@@H](NC(=O)OC(C)(C)C)C(C)C)cc1)C(C)C. The molecule has 2 aromatic carbocycles. The summed E-state index contributed by atoms with van der Waals surface area (Å²) in [5.41, 5.74) is 6.56. The summed E-state index contributed by atoms with van der Waals surface area (Å²) in [6.45, 7) is 22.9. The first-order valence-corrected chi connectivity index (χ1v) is 30.3. The molecule has 3 rings (SSSR count). The van der Waals surface area contributed by atoms with E-state index in [0.29, 0.717) is 50.9 Å². The highest BCUT2D eigenvalue weighted by Gasteiger charge is 2.44. The normalized spacial score (nSPS) is 17.0. The number of likely N-dealkylation sites (N-methyl/N-ethyl adjacent to an activating group) is 2. The van der Waals surface area contributed by atoms with E-state index in [1.807, 2.05) is 71.7 Å². The Kier molecular flexibility index (Phi) is 29.9. The molecule has 1 aliphatic rings. The van der Waals surface area contributed by atoms with E-state index in [1.54, 1.807) is 94.8 Å². The number of nitrogens with zero attached hydrogens (tertiary/aromatic N) is 3. The molecule has 0 unspecified atom stereocenters. The number of alkyl carbamates (subject to hydrolysis) is 1. The molecule has 0 saturated carbocycles. The third-order valence-electron chi connectivity index (χ3n) is 16.0. The van der Waals surface area contributed by atoms with Gasteiger partial charge in [0.25, 0.3) is 0 Å². The van der Waals surface area contributed by atoms with Crippen molar-refractivity contribution in [1.29, 1.82) is 0 Å². The Balaban J connectivity index is 1.73. The summed E-state index contributed by atoms with van der Waals surface area (Å²) in [6, 6.07) is 9.62. The van der Waals surface area contributed by atoms with Gasteiger partial charge < -0.3 is 66.8 Å².